The maximum Gasteiger partial charge on any atom is 0.411 e. The van der Waals surface area contributed by atoms with Crippen molar-refractivity contribution >= 4 is 12.1 Å². The number of nitrogens with zero attached hydrogens (tertiary/aromatic N) is 1. The third-order valence-electron chi connectivity index (χ3n) is 3.98. The average Bonchev–Trinajstić information content (AvgIpc) is 2.58. The molecule has 25 heavy (non-hydrogen) atoms. The number of rotatable bonds is 4. The van der Waals surface area contributed by atoms with Crippen LogP contribution in [0.1, 0.15) is 39.2 Å². The van der Waals surface area contributed by atoms with Crippen LogP contribution in [-0.2, 0) is 25.6 Å². The summed E-state index contributed by atoms with van der Waals surface area (Å²) in [5, 5.41) is 0. The number of carbonyl (C=O) groups is 2. The molecule has 0 bridgehead atoms. The van der Waals surface area contributed by atoms with Gasteiger partial charge in [-0.25, -0.2) is 9.59 Å². The van der Waals surface area contributed by atoms with E-state index in [9.17, 15) is 9.59 Å². The normalized spacial score (nSPS) is 20.9. The standard InChI is InChI=1S/C19H27NO5/c1-19(2,3)25-18(22)20-11-10-15(12-16(20)17(21)23-4)24-13-14-8-6-5-7-9-14/h5-9,15-16H,10-13H2,1-4H3/t15?,16-/m0/s1. The van der Waals surface area contributed by atoms with Gasteiger partial charge in [-0.15, -0.1) is 0 Å². The molecule has 1 amide bonds. The Kier molecular flexibility index (Phi) is 6.42. The topological polar surface area (TPSA) is 65.1 Å². The minimum absolute atomic E-state index is 0.108. The molecule has 0 radical (unpaired) electrons. The third kappa shape index (κ3) is 5.74. The lowest BCUT2D eigenvalue weighted by Crippen LogP contribution is -2.53. The fourth-order valence-corrected chi connectivity index (χ4v) is 2.77. The molecule has 6 heteroatoms. The number of benzene rings is 1. The predicted molar refractivity (Wildman–Crippen MR) is 93.0 cm³/mol. The zero-order chi connectivity index (χ0) is 18.4. The molecular formula is C19H27NO5. The highest BCUT2D eigenvalue weighted by atomic mass is 16.6. The Labute approximate surface area is 149 Å². The van der Waals surface area contributed by atoms with E-state index in [0.717, 1.165) is 5.56 Å². The predicted octanol–water partition coefficient (Wildman–Crippen LogP) is 3.14. The summed E-state index contributed by atoms with van der Waals surface area (Å²) in [7, 11) is 1.32. The molecule has 1 aliphatic heterocycles. The quantitative estimate of drug-likeness (QED) is 0.781. The minimum Gasteiger partial charge on any atom is -0.467 e. The van der Waals surface area contributed by atoms with Crippen LogP contribution in [0.5, 0.6) is 0 Å². The summed E-state index contributed by atoms with van der Waals surface area (Å²) in [6.07, 6.45) is 0.450. The van der Waals surface area contributed by atoms with Gasteiger partial charge < -0.3 is 14.2 Å². The first kappa shape index (κ1) is 19.2. The molecule has 1 fully saturated rings. The van der Waals surface area contributed by atoms with E-state index in [1.807, 2.05) is 30.3 Å². The number of piperidine rings is 1. The maximum absolute atomic E-state index is 12.4. The van der Waals surface area contributed by atoms with Crippen LogP contribution in [0.4, 0.5) is 4.79 Å². The molecular weight excluding hydrogens is 322 g/mol. The van der Waals surface area contributed by atoms with E-state index in [4.69, 9.17) is 14.2 Å². The van der Waals surface area contributed by atoms with Crippen molar-refractivity contribution in [1.82, 2.24) is 4.90 Å². The molecule has 0 spiro atoms. The Morgan fingerprint density at radius 1 is 1.20 bits per heavy atom. The Hall–Kier alpha value is -2.08. The molecule has 0 N–H and O–H groups in total. The van der Waals surface area contributed by atoms with Crippen molar-refractivity contribution in [3.8, 4) is 0 Å². The second-order valence-electron chi connectivity index (χ2n) is 7.16. The van der Waals surface area contributed by atoms with Gasteiger partial charge in [0.15, 0.2) is 0 Å². The number of hydrogen-bond donors (Lipinski definition) is 0. The summed E-state index contributed by atoms with van der Waals surface area (Å²) in [5.41, 5.74) is 0.463. The third-order valence-corrected chi connectivity index (χ3v) is 3.98. The molecule has 6 nitrogen and oxygen atoms in total. The van der Waals surface area contributed by atoms with Crippen LogP contribution in [0.3, 0.4) is 0 Å². The van der Waals surface area contributed by atoms with Crippen molar-refractivity contribution in [1.29, 1.82) is 0 Å². The molecule has 1 heterocycles. The van der Waals surface area contributed by atoms with Crippen molar-refractivity contribution < 1.29 is 23.8 Å². The highest BCUT2D eigenvalue weighted by Crippen LogP contribution is 2.24. The van der Waals surface area contributed by atoms with Gasteiger partial charge in [0.1, 0.15) is 11.6 Å². The Bertz CT molecular complexity index is 581. The number of carbonyl (C=O) groups excluding carboxylic acids is 2. The van der Waals surface area contributed by atoms with Gasteiger partial charge in [-0.2, -0.15) is 0 Å². The zero-order valence-electron chi connectivity index (χ0n) is 15.4. The highest BCUT2D eigenvalue weighted by molar-refractivity contribution is 5.81. The SMILES string of the molecule is COC(=O)[C@@H]1CC(OCc2ccccc2)CCN1C(=O)OC(C)(C)C. The van der Waals surface area contributed by atoms with E-state index in [1.54, 1.807) is 20.8 Å². The second kappa shape index (κ2) is 8.34. The Morgan fingerprint density at radius 3 is 2.48 bits per heavy atom. The van der Waals surface area contributed by atoms with Gasteiger partial charge in [-0.3, -0.25) is 4.90 Å². The van der Waals surface area contributed by atoms with Gasteiger partial charge in [-0.1, -0.05) is 30.3 Å². The number of amides is 1. The zero-order valence-corrected chi connectivity index (χ0v) is 15.4. The molecule has 2 rings (SSSR count). The molecule has 0 saturated carbocycles. The summed E-state index contributed by atoms with van der Waals surface area (Å²) in [4.78, 5) is 26.0. The lowest BCUT2D eigenvalue weighted by Gasteiger charge is -2.38. The molecule has 1 saturated heterocycles. The largest absolute Gasteiger partial charge is 0.467 e. The first-order valence-electron chi connectivity index (χ1n) is 8.53. The Balaban J connectivity index is 1.99. The Morgan fingerprint density at radius 2 is 1.88 bits per heavy atom. The maximum atomic E-state index is 12.4. The van der Waals surface area contributed by atoms with Crippen molar-refractivity contribution in [2.24, 2.45) is 0 Å². The van der Waals surface area contributed by atoms with Crippen LogP contribution < -0.4 is 0 Å². The fraction of sp³-hybridized carbons (Fsp3) is 0.579. The van der Waals surface area contributed by atoms with E-state index < -0.39 is 23.7 Å². The van der Waals surface area contributed by atoms with Crippen LogP contribution in [0.15, 0.2) is 30.3 Å². The number of methoxy groups -OCH3 is 1. The average molecular weight is 349 g/mol. The minimum atomic E-state index is -0.686. The van der Waals surface area contributed by atoms with Crippen LogP contribution in [0, 0.1) is 0 Å². The molecule has 0 aliphatic carbocycles. The number of esters is 1. The monoisotopic (exact) mass is 349 g/mol. The van der Waals surface area contributed by atoms with Crippen LogP contribution in [-0.4, -0.2) is 48.4 Å². The molecule has 138 valence electrons. The van der Waals surface area contributed by atoms with E-state index in [0.29, 0.717) is 26.0 Å². The first-order valence-corrected chi connectivity index (χ1v) is 8.53. The molecule has 2 atom stereocenters. The number of hydrogen-bond acceptors (Lipinski definition) is 5. The van der Waals surface area contributed by atoms with Gasteiger partial charge in [0.2, 0.25) is 0 Å². The van der Waals surface area contributed by atoms with Crippen molar-refractivity contribution in [2.45, 2.75) is 58.0 Å². The van der Waals surface area contributed by atoms with Gasteiger partial charge in [0.25, 0.3) is 0 Å². The van der Waals surface area contributed by atoms with Crippen molar-refractivity contribution in [3.05, 3.63) is 35.9 Å². The molecule has 1 aromatic carbocycles. The summed E-state index contributed by atoms with van der Waals surface area (Å²) in [6.45, 7) is 6.27. The lowest BCUT2D eigenvalue weighted by atomic mass is 9.99. The smallest absolute Gasteiger partial charge is 0.411 e. The molecule has 1 aromatic rings. The molecule has 1 aliphatic rings. The van der Waals surface area contributed by atoms with Gasteiger partial charge >= 0.3 is 12.1 Å². The van der Waals surface area contributed by atoms with E-state index in [2.05, 4.69) is 0 Å². The van der Waals surface area contributed by atoms with E-state index in [-0.39, 0.29) is 6.10 Å². The van der Waals surface area contributed by atoms with Crippen molar-refractivity contribution in [2.75, 3.05) is 13.7 Å². The summed E-state index contributed by atoms with van der Waals surface area (Å²) < 4.78 is 16.2. The van der Waals surface area contributed by atoms with Crippen LogP contribution >= 0.6 is 0 Å². The summed E-state index contributed by atoms with van der Waals surface area (Å²) in [6, 6.07) is 9.17. The molecule has 1 unspecified atom stereocenters. The van der Waals surface area contributed by atoms with E-state index >= 15 is 0 Å². The number of likely N-dealkylation sites (tertiary alicyclic amines) is 1. The van der Waals surface area contributed by atoms with Crippen molar-refractivity contribution in [3.63, 3.8) is 0 Å². The van der Waals surface area contributed by atoms with E-state index in [1.165, 1.54) is 12.0 Å². The number of ether oxygens (including phenoxy) is 3. The van der Waals surface area contributed by atoms with Gasteiger partial charge in [0, 0.05) is 13.0 Å². The highest BCUT2D eigenvalue weighted by Gasteiger charge is 2.39. The summed E-state index contributed by atoms with van der Waals surface area (Å²) in [5.74, 6) is -0.445. The van der Waals surface area contributed by atoms with Gasteiger partial charge in [-0.05, 0) is 32.8 Å². The fourth-order valence-electron chi connectivity index (χ4n) is 2.77. The molecule has 0 aromatic heterocycles. The first-order chi connectivity index (χ1) is 11.8. The van der Waals surface area contributed by atoms with Crippen LogP contribution in [0.25, 0.3) is 0 Å². The summed E-state index contributed by atoms with van der Waals surface area (Å²) >= 11 is 0. The van der Waals surface area contributed by atoms with Gasteiger partial charge in [0.05, 0.1) is 19.8 Å². The lowest BCUT2D eigenvalue weighted by molar-refractivity contribution is -0.151. The van der Waals surface area contributed by atoms with Crippen LogP contribution in [0.2, 0.25) is 0 Å². The second-order valence-corrected chi connectivity index (χ2v) is 7.16.